The van der Waals surface area contributed by atoms with Gasteiger partial charge in [-0.3, -0.25) is 14.8 Å². The highest BCUT2D eigenvalue weighted by molar-refractivity contribution is 7.19. The summed E-state index contributed by atoms with van der Waals surface area (Å²) in [6.45, 7) is 1.85. The van der Waals surface area contributed by atoms with Gasteiger partial charge in [-0.15, -0.1) is 21.5 Å². The van der Waals surface area contributed by atoms with Gasteiger partial charge in [0.05, 0.1) is 17.4 Å². The van der Waals surface area contributed by atoms with E-state index in [9.17, 15) is 10.1 Å². The molecule has 5 rings (SSSR count). The van der Waals surface area contributed by atoms with E-state index in [0.717, 1.165) is 28.7 Å². The van der Waals surface area contributed by atoms with Crippen LogP contribution in [0, 0.1) is 10.1 Å². The molecule has 144 valence electrons. The van der Waals surface area contributed by atoms with Crippen LogP contribution >= 0.6 is 11.3 Å². The van der Waals surface area contributed by atoms with Crippen LogP contribution in [0.2, 0.25) is 0 Å². The molecule has 0 bridgehead atoms. The predicted molar refractivity (Wildman–Crippen MR) is 102 cm³/mol. The minimum absolute atomic E-state index is 0.0309. The summed E-state index contributed by atoms with van der Waals surface area (Å²) < 4.78 is 8.16. The fraction of sp³-hybridized carbons (Fsp3) is 0.412. The van der Waals surface area contributed by atoms with E-state index in [4.69, 9.17) is 9.72 Å². The number of rotatable bonds is 4. The van der Waals surface area contributed by atoms with E-state index in [1.54, 1.807) is 22.2 Å². The molecule has 0 aromatic carbocycles. The topological polar surface area (TPSA) is 113 Å². The van der Waals surface area contributed by atoms with Crippen molar-refractivity contribution in [3.63, 3.8) is 0 Å². The molecule has 1 unspecified atom stereocenters. The van der Waals surface area contributed by atoms with Crippen molar-refractivity contribution < 1.29 is 9.66 Å². The highest BCUT2D eigenvalue weighted by atomic mass is 32.1. The number of aromatic nitrogens is 6. The molecule has 1 aliphatic carbocycles. The summed E-state index contributed by atoms with van der Waals surface area (Å²) in [4.78, 5) is 22.4. The Morgan fingerprint density at radius 2 is 2.14 bits per heavy atom. The van der Waals surface area contributed by atoms with Gasteiger partial charge in [0.25, 0.3) is 0 Å². The number of nitrogens with zero attached hydrogens (tertiary/aromatic N) is 7. The van der Waals surface area contributed by atoms with E-state index < -0.39 is 11.0 Å². The summed E-state index contributed by atoms with van der Waals surface area (Å²) in [6, 6.07) is -0.396. The van der Waals surface area contributed by atoms with Gasteiger partial charge in [-0.2, -0.15) is 0 Å². The largest absolute Gasteiger partial charge is 0.475 e. The van der Waals surface area contributed by atoms with E-state index >= 15 is 0 Å². The quantitative estimate of drug-likeness (QED) is 0.383. The lowest BCUT2D eigenvalue weighted by atomic mass is 9.97. The third-order valence-corrected chi connectivity index (χ3v) is 6.35. The Kier molecular flexibility index (Phi) is 3.79. The van der Waals surface area contributed by atoms with Crippen molar-refractivity contribution in [3.05, 3.63) is 38.9 Å². The van der Waals surface area contributed by atoms with E-state index in [1.165, 1.54) is 41.3 Å². The monoisotopic (exact) mass is 399 g/mol. The van der Waals surface area contributed by atoms with Gasteiger partial charge in [-0.25, -0.2) is 14.5 Å². The Hall–Kier alpha value is -3.08. The SMILES string of the molecule is COc1nn(C(C)c2nc3c4c5c(sc4ncn3n2)CCCC5)cc1[N+](=O)[O-]. The van der Waals surface area contributed by atoms with Crippen molar-refractivity contribution in [3.8, 4) is 5.88 Å². The van der Waals surface area contributed by atoms with Crippen LogP contribution in [0.1, 0.15) is 42.1 Å². The molecule has 4 aromatic rings. The number of hydrogen-bond donors (Lipinski definition) is 0. The number of fused-ring (bicyclic) bond motifs is 5. The van der Waals surface area contributed by atoms with E-state index in [0.29, 0.717) is 5.82 Å². The average Bonchev–Trinajstić information content (AvgIpc) is 3.40. The van der Waals surface area contributed by atoms with Gasteiger partial charge < -0.3 is 4.74 Å². The molecule has 1 atom stereocenters. The lowest BCUT2D eigenvalue weighted by Crippen LogP contribution is -2.09. The van der Waals surface area contributed by atoms with Crippen LogP contribution in [0.4, 0.5) is 5.69 Å². The standard InChI is InChI=1S/C17H17N7O3S/c1-9(22-7-11(24(25)26)16(21-22)27-2)14-19-15-13-10-5-3-4-6-12(10)28-17(13)18-8-23(15)20-14/h7-9H,3-6H2,1-2H3. The second-order valence-corrected chi connectivity index (χ2v) is 7.89. The van der Waals surface area contributed by atoms with Crippen molar-refractivity contribution in [2.75, 3.05) is 7.11 Å². The van der Waals surface area contributed by atoms with Gasteiger partial charge in [0.15, 0.2) is 11.5 Å². The molecule has 28 heavy (non-hydrogen) atoms. The second kappa shape index (κ2) is 6.23. The Balaban J connectivity index is 1.63. The number of ether oxygens (including phenoxy) is 1. The second-order valence-electron chi connectivity index (χ2n) is 6.81. The summed E-state index contributed by atoms with van der Waals surface area (Å²) in [7, 11) is 1.36. The Morgan fingerprint density at radius 1 is 1.32 bits per heavy atom. The zero-order valence-corrected chi connectivity index (χ0v) is 16.1. The maximum Gasteiger partial charge on any atom is 0.350 e. The van der Waals surface area contributed by atoms with Crippen LogP contribution in [-0.4, -0.2) is 41.4 Å². The number of nitro groups is 1. The normalized spacial score (nSPS) is 15.1. The molecule has 0 aliphatic heterocycles. The first kappa shape index (κ1) is 17.0. The van der Waals surface area contributed by atoms with Crippen LogP contribution in [-0.2, 0) is 12.8 Å². The van der Waals surface area contributed by atoms with Gasteiger partial charge in [0.2, 0.25) is 0 Å². The Labute approximate surface area is 162 Å². The van der Waals surface area contributed by atoms with Gasteiger partial charge in [-0.05, 0) is 38.2 Å². The predicted octanol–water partition coefficient (Wildman–Crippen LogP) is 2.94. The van der Waals surface area contributed by atoms with Crippen molar-refractivity contribution >= 4 is 32.9 Å². The van der Waals surface area contributed by atoms with Crippen molar-refractivity contribution in [2.45, 2.75) is 38.6 Å². The van der Waals surface area contributed by atoms with E-state index in [1.807, 2.05) is 6.92 Å². The maximum absolute atomic E-state index is 11.2. The average molecular weight is 399 g/mol. The first-order valence-corrected chi connectivity index (χ1v) is 9.81. The number of hydrogen-bond acceptors (Lipinski definition) is 8. The lowest BCUT2D eigenvalue weighted by molar-refractivity contribution is -0.385. The molecule has 10 nitrogen and oxygen atoms in total. The fourth-order valence-corrected chi connectivity index (χ4v) is 4.92. The van der Waals surface area contributed by atoms with Crippen LogP contribution in [0.25, 0.3) is 15.9 Å². The Bertz CT molecular complexity index is 1220. The zero-order valence-electron chi connectivity index (χ0n) is 15.3. The third-order valence-electron chi connectivity index (χ3n) is 5.15. The smallest absolute Gasteiger partial charge is 0.350 e. The van der Waals surface area contributed by atoms with Gasteiger partial charge in [0.1, 0.15) is 23.4 Å². The summed E-state index contributed by atoms with van der Waals surface area (Å²) in [5, 5.41) is 21.0. The van der Waals surface area contributed by atoms with Crippen LogP contribution in [0.3, 0.4) is 0 Å². The number of methoxy groups -OCH3 is 1. The maximum atomic E-state index is 11.2. The first-order chi connectivity index (χ1) is 13.6. The number of thiophene rings is 1. The van der Waals surface area contributed by atoms with E-state index in [2.05, 4.69) is 15.2 Å². The lowest BCUT2D eigenvalue weighted by Gasteiger charge is -2.09. The molecular formula is C17H17N7O3S. The Morgan fingerprint density at radius 3 is 2.89 bits per heavy atom. The van der Waals surface area contributed by atoms with Crippen LogP contribution < -0.4 is 4.74 Å². The van der Waals surface area contributed by atoms with Crippen molar-refractivity contribution in [2.24, 2.45) is 0 Å². The minimum atomic E-state index is -0.517. The molecule has 4 heterocycles. The molecule has 11 heteroatoms. The number of aryl methyl sites for hydroxylation is 2. The minimum Gasteiger partial charge on any atom is -0.475 e. The summed E-state index contributed by atoms with van der Waals surface area (Å²) in [5.41, 5.74) is 1.93. The molecule has 1 aliphatic rings. The van der Waals surface area contributed by atoms with Crippen molar-refractivity contribution in [1.82, 2.24) is 29.4 Å². The molecule has 4 aromatic heterocycles. The summed E-state index contributed by atoms with van der Waals surface area (Å²) in [5.74, 6) is 0.488. The summed E-state index contributed by atoms with van der Waals surface area (Å²) >= 11 is 1.74. The van der Waals surface area contributed by atoms with Crippen LogP contribution in [0.15, 0.2) is 12.5 Å². The van der Waals surface area contributed by atoms with Crippen molar-refractivity contribution in [1.29, 1.82) is 0 Å². The molecule has 0 radical (unpaired) electrons. The molecule has 0 fully saturated rings. The van der Waals surface area contributed by atoms with E-state index in [-0.39, 0.29) is 11.6 Å². The fourth-order valence-electron chi connectivity index (χ4n) is 3.70. The van der Waals surface area contributed by atoms with Crippen LogP contribution in [0.5, 0.6) is 5.88 Å². The molecule has 0 spiro atoms. The van der Waals surface area contributed by atoms with Gasteiger partial charge in [0, 0.05) is 4.88 Å². The molecule has 0 saturated heterocycles. The first-order valence-electron chi connectivity index (χ1n) is 9.00. The highest BCUT2D eigenvalue weighted by Crippen LogP contribution is 2.37. The molecular weight excluding hydrogens is 382 g/mol. The van der Waals surface area contributed by atoms with Gasteiger partial charge in [-0.1, -0.05) is 0 Å². The molecule has 0 saturated carbocycles. The molecule has 0 amide bonds. The third kappa shape index (κ3) is 2.46. The zero-order chi connectivity index (χ0) is 19.4. The molecule has 0 N–H and O–H groups in total. The summed E-state index contributed by atoms with van der Waals surface area (Å²) in [6.07, 6.45) is 7.54. The highest BCUT2D eigenvalue weighted by Gasteiger charge is 2.26. The van der Waals surface area contributed by atoms with Gasteiger partial charge >= 0.3 is 11.6 Å².